The van der Waals surface area contributed by atoms with Gasteiger partial charge in [-0.15, -0.1) is 0 Å². The largest absolute Gasteiger partial charge is 0.444 e. The second-order valence-electron chi connectivity index (χ2n) is 28.4. The molecule has 3 aliphatic heterocycles. The number of carbonyl (C=O) groups excluding carboxylic acids is 6. The number of rotatable bonds is 8. The van der Waals surface area contributed by atoms with Crippen LogP contribution in [0, 0.1) is 29.3 Å². The molecule has 1 N–H and O–H groups in total. The van der Waals surface area contributed by atoms with Crippen molar-refractivity contribution in [3.8, 4) is 33.8 Å². The van der Waals surface area contributed by atoms with E-state index in [0.29, 0.717) is 56.1 Å². The molecule has 9 aromatic rings. The number of alkyl halides is 6. The van der Waals surface area contributed by atoms with Gasteiger partial charge in [0.25, 0.3) is 17.7 Å². The van der Waals surface area contributed by atoms with Crippen LogP contribution in [-0.2, 0) is 26.6 Å². The fraction of sp³-hybridized carbons (Fsp3) is 0.425. The van der Waals surface area contributed by atoms with Crippen molar-refractivity contribution < 1.29 is 77.8 Å². The van der Waals surface area contributed by atoms with Crippen LogP contribution in [0.25, 0.3) is 50.7 Å². The van der Waals surface area contributed by atoms with Gasteiger partial charge in [-0.3, -0.25) is 19.2 Å². The number of imidazole rings is 3. The molecule has 6 aromatic heterocycles. The molecule has 3 saturated heterocycles. The highest BCUT2D eigenvalue weighted by Crippen LogP contribution is 2.37. The number of carbonyl (C=O) groups is 6. The third kappa shape index (κ3) is 18.1. The van der Waals surface area contributed by atoms with E-state index in [-0.39, 0.29) is 114 Å². The number of fused-ring (bicyclic) bond motifs is 3. The molecule has 32 heteroatoms. The standard InChI is InChI=1S/C26H32FN5O3.C25H27F4N5O3.C22H21F4N5O2/c1-16(2)20-13-21(18-7-9-19(27)10-8-18)29-32-15-22(28-23(20)32)24(33)30-11-12-31(17(3)14-30)25(34)35-26(4,5)6;1-15-13-32(10-5-11-33(15)23(36)37-24(2,3)4)22(35)20-14-34-21(30-20)18(25(27,28)29)12-19(31-34)16-6-8-17(26)9-7-16;1-12-10-30(8-7-15(12)20(32)27-2)21(33)18-11-31-19(28-18)16(22(24,25)26)9-17(29-31)13-3-5-14(23)6-4-13/h7-10,13,15-17H,11-12,14H2,1-6H3;6-9,12,14-15H,5,10-11,13H2,1-4H3;3-6,9,11-12,15H,7-8,10H2,1-2H3,(H,27,32)/t17-;;12-,15+/m0.0/s1. The molecule has 6 amide bonds. The summed E-state index contributed by atoms with van der Waals surface area (Å²) in [6, 6.07) is 19.0. The predicted molar refractivity (Wildman–Crippen MR) is 368 cm³/mol. The van der Waals surface area contributed by atoms with Crippen molar-refractivity contribution in [1.29, 1.82) is 0 Å². The van der Waals surface area contributed by atoms with E-state index < -0.39 is 75.5 Å². The monoisotopic (exact) mass is 1470 g/mol. The predicted octanol–water partition coefficient (Wildman–Crippen LogP) is 13.2. The highest BCUT2D eigenvalue weighted by molar-refractivity contribution is 5.95. The topological polar surface area (TPSA) is 240 Å². The van der Waals surface area contributed by atoms with Crippen LogP contribution in [0.5, 0.6) is 0 Å². The minimum absolute atomic E-state index is 0.0359. The zero-order valence-electron chi connectivity index (χ0n) is 59.8. The minimum atomic E-state index is -4.77. The van der Waals surface area contributed by atoms with E-state index in [0.717, 1.165) is 68.9 Å². The average molecular weight is 1470 g/mol. The molecule has 3 aromatic carbocycles. The normalized spacial score (nSPS) is 17.6. The van der Waals surface area contributed by atoms with Crippen molar-refractivity contribution in [2.24, 2.45) is 11.8 Å². The maximum absolute atomic E-state index is 13.9. The summed E-state index contributed by atoms with van der Waals surface area (Å²) in [6.45, 7) is 23.0. The van der Waals surface area contributed by atoms with Crippen LogP contribution in [0.3, 0.4) is 0 Å². The fourth-order valence-corrected chi connectivity index (χ4v) is 12.5. The summed E-state index contributed by atoms with van der Waals surface area (Å²) in [5, 5.41) is 15.6. The Labute approximate surface area is 598 Å². The van der Waals surface area contributed by atoms with E-state index in [4.69, 9.17) is 9.47 Å². The van der Waals surface area contributed by atoms with Gasteiger partial charge in [-0.1, -0.05) is 20.8 Å². The number of nitrogens with zero attached hydrogens (tertiary/aromatic N) is 14. The summed E-state index contributed by atoms with van der Waals surface area (Å²) >= 11 is 0. The summed E-state index contributed by atoms with van der Waals surface area (Å²) in [5.41, 5.74) is -0.950. The van der Waals surface area contributed by atoms with Gasteiger partial charge in [0.15, 0.2) is 16.9 Å². The maximum Gasteiger partial charge on any atom is 0.420 e. The lowest BCUT2D eigenvalue weighted by atomic mass is 9.86. The van der Waals surface area contributed by atoms with Gasteiger partial charge in [0, 0.05) is 99.7 Å². The first-order valence-electron chi connectivity index (χ1n) is 34.0. The van der Waals surface area contributed by atoms with Crippen molar-refractivity contribution in [3.05, 3.63) is 161 Å². The van der Waals surface area contributed by atoms with Gasteiger partial charge >= 0.3 is 24.5 Å². The number of ether oxygens (including phenoxy) is 2. The van der Waals surface area contributed by atoms with Crippen LogP contribution in [0.4, 0.5) is 49.1 Å². The van der Waals surface area contributed by atoms with Crippen LogP contribution >= 0.6 is 0 Å². The summed E-state index contributed by atoms with van der Waals surface area (Å²) in [7, 11) is 1.55. The average Bonchev–Trinajstić information content (AvgIpc) is 1.65. The Kier molecular flexibility index (Phi) is 22.4. The van der Waals surface area contributed by atoms with E-state index in [1.165, 1.54) is 46.2 Å². The Bertz CT molecular complexity index is 4700. The second-order valence-corrected chi connectivity index (χ2v) is 28.4. The zero-order chi connectivity index (χ0) is 76.5. The highest BCUT2D eigenvalue weighted by Gasteiger charge is 2.41. The van der Waals surface area contributed by atoms with E-state index in [9.17, 15) is 68.3 Å². The lowest BCUT2D eigenvalue weighted by Crippen LogP contribution is -2.56. The molecule has 0 radical (unpaired) electrons. The van der Waals surface area contributed by atoms with E-state index >= 15 is 0 Å². The second kappa shape index (κ2) is 30.6. The number of aromatic nitrogens is 9. The van der Waals surface area contributed by atoms with Gasteiger partial charge in [0.05, 0.1) is 35.7 Å². The molecule has 23 nitrogen and oxygen atoms in total. The molecule has 12 rings (SSSR count). The Morgan fingerprint density at radius 2 is 0.848 bits per heavy atom. The molecule has 558 valence electrons. The molecule has 0 aliphatic carbocycles. The molecule has 3 aliphatic rings. The first kappa shape index (κ1) is 76.9. The van der Waals surface area contributed by atoms with Crippen LogP contribution in [0.2, 0.25) is 0 Å². The van der Waals surface area contributed by atoms with Crippen molar-refractivity contribution in [3.63, 3.8) is 0 Å². The first-order chi connectivity index (χ1) is 49.2. The summed E-state index contributed by atoms with van der Waals surface area (Å²) < 4.78 is 137. The molecule has 4 atom stereocenters. The Morgan fingerprint density at radius 1 is 0.486 bits per heavy atom. The third-order valence-corrected chi connectivity index (χ3v) is 17.7. The van der Waals surface area contributed by atoms with Crippen LogP contribution in [0.15, 0.2) is 110 Å². The first-order valence-corrected chi connectivity index (χ1v) is 34.0. The number of hydrogen-bond donors (Lipinski definition) is 1. The van der Waals surface area contributed by atoms with Gasteiger partial charge in [0.1, 0.15) is 56.9 Å². The van der Waals surface area contributed by atoms with Crippen LogP contribution in [-0.4, -0.2) is 187 Å². The quantitative estimate of drug-likeness (QED) is 0.139. The van der Waals surface area contributed by atoms with Crippen molar-refractivity contribution >= 4 is 52.8 Å². The van der Waals surface area contributed by atoms with Crippen LogP contribution < -0.4 is 5.32 Å². The van der Waals surface area contributed by atoms with Crippen LogP contribution in [0.1, 0.15) is 143 Å². The zero-order valence-corrected chi connectivity index (χ0v) is 59.8. The van der Waals surface area contributed by atoms with Crippen molar-refractivity contribution in [1.82, 2.24) is 73.6 Å². The number of hydrogen-bond acceptors (Lipinski definition) is 14. The lowest BCUT2D eigenvalue weighted by molar-refractivity contribution is -0.137. The molecule has 0 saturated carbocycles. The number of halogens is 9. The molecule has 1 unspecified atom stereocenters. The van der Waals surface area contributed by atoms with Gasteiger partial charge in [-0.25, -0.2) is 51.3 Å². The fourth-order valence-electron chi connectivity index (χ4n) is 12.5. The number of nitrogens with one attached hydrogen (secondary N) is 1. The summed E-state index contributed by atoms with van der Waals surface area (Å²) in [5.74, 6) is -2.99. The Balaban J connectivity index is 0.000000169. The maximum atomic E-state index is 13.9. The number of piperidine rings is 1. The van der Waals surface area contributed by atoms with E-state index in [1.54, 1.807) is 72.3 Å². The molecular formula is C73H80F9N15O8. The van der Waals surface area contributed by atoms with Gasteiger partial charge in [-0.2, -0.15) is 41.6 Å². The molecular weight excluding hydrogens is 1390 g/mol. The number of piperazine rings is 1. The van der Waals surface area contributed by atoms with Gasteiger partial charge in [0.2, 0.25) is 5.91 Å². The highest BCUT2D eigenvalue weighted by atomic mass is 19.4. The lowest BCUT2D eigenvalue weighted by Gasteiger charge is -2.40. The molecule has 3 fully saturated rings. The summed E-state index contributed by atoms with van der Waals surface area (Å²) in [4.78, 5) is 97.1. The smallest absolute Gasteiger partial charge is 0.420 e. The molecule has 0 bridgehead atoms. The number of likely N-dealkylation sites (tertiary alicyclic amines) is 1. The molecule has 9 heterocycles. The number of benzene rings is 3. The molecule has 0 spiro atoms. The third-order valence-electron chi connectivity index (χ3n) is 17.7. The Hall–Kier alpha value is -10.7. The summed E-state index contributed by atoms with van der Waals surface area (Å²) in [6.07, 6.45) is -5.51. The Morgan fingerprint density at radius 3 is 1.22 bits per heavy atom. The van der Waals surface area contributed by atoms with Gasteiger partial charge in [-0.05, 0) is 171 Å². The van der Waals surface area contributed by atoms with E-state index in [1.807, 2.05) is 40.7 Å². The van der Waals surface area contributed by atoms with E-state index in [2.05, 4.69) is 49.4 Å². The minimum Gasteiger partial charge on any atom is -0.444 e. The van der Waals surface area contributed by atoms with Crippen molar-refractivity contribution in [2.75, 3.05) is 59.4 Å². The number of amides is 6. The molecule has 105 heavy (non-hydrogen) atoms. The van der Waals surface area contributed by atoms with Crippen molar-refractivity contribution in [2.45, 2.75) is 131 Å². The SMILES string of the molecule is CC(C)c1cc(-c2ccc(F)cc2)nn2cc(C(=O)N3CCN(C(=O)OC(C)(C)C)[C@@H](C)C3)nc12.CC1CN(C(=O)c2cn3nc(-c4ccc(F)cc4)cc(C(F)(F)F)c3n2)CCCN1C(=O)OC(C)(C)C.CNC(=O)[C@@H]1CCN(C(=O)c2cn3nc(-c4ccc(F)cc4)cc(C(F)(F)F)c3n2)C[C@@H]1C. The van der Waals surface area contributed by atoms with Gasteiger partial charge < -0.3 is 39.3 Å².